The summed E-state index contributed by atoms with van der Waals surface area (Å²) in [6.07, 6.45) is 0. The van der Waals surface area contributed by atoms with Crippen LogP contribution in [0.25, 0.3) is 0 Å². The lowest BCUT2D eigenvalue weighted by Gasteiger charge is -2.28. The molecule has 3 rings (SSSR count). The first-order valence-corrected chi connectivity index (χ1v) is 6.94. The van der Waals surface area contributed by atoms with Crippen LogP contribution in [0.1, 0.15) is 29.7 Å². The van der Waals surface area contributed by atoms with Crippen molar-refractivity contribution in [2.45, 2.75) is 26.8 Å². The van der Waals surface area contributed by atoms with Crippen LogP contribution in [0.2, 0.25) is 0 Å². The number of tetrazole rings is 1. The third kappa shape index (κ3) is 2.14. The monoisotopic (exact) mass is 299 g/mol. The molecule has 0 saturated carbocycles. The maximum Gasteiger partial charge on any atom is 0.338 e. The van der Waals surface area contributed by atoms with Crippen molar-refractivity contribution in [1.29, 1.82) is 0 Å². The molecule has 2 aromatic rings. The van der Waals surface area contributed by atoms with Crippen LogP contribution in [0.3, 0.4) is 0 Å². The second kappa shape index (κ2) is 5.25. The highest BCUT2D eigenvalue weighted by atomic mass is 16.5. The van der Waals surface area contributed by atoms with E-state index in [4.69, 9.17) is 4.74 Å². The van der Waals surface area contributed by atoms with E-state index in [-0.39, 0.29) is 0 Å². The zero-order valence-corrected chi connectivity index (χ0v) is 12.9. The van der Waals surface area contributed by atoms with Crippen LogP contribution in [-0.4, -0.2) is 33.3 Å². The molecule has 0 unspecified atom stereocenters. The van der Waals surface area contributed by atoms with Gasteiger partial charge < -0.3 is 10.1 Å². The second-order valence-electron chi connectivity index (χ2n) is 5.36. The van der Waals surface area contributed by atoms with Crippen molar-refractivity contribution in [3.8, 4) is 0 Å². The fourth-order valence-electron chi connectivity index (χ4n) is 2.73. The fraction of sp³-hybridized carbons (Fsp3) is 0.333. The van der Waals surface area contributed by atoms with Gasteiger partial charge in [-0.2, -0.15) is 4.68 Å². The van der Waals surface area contributed by atoms with Crippen LogP contribution in [0.15, 0.2) is 29.5 Å². The van der Waals surface area contributed by atoms with Crippen molar-refractivity contribution in [1.82, 2.24) is 20.2 Å². The molecule has 0 bridgehead atoms. The van der Waals surface area contributed by atoms with Gasteiger partial charge in [0.05, 0.1) is 12.7 Å². The lowest BCUT2D eigenvalue weighted by Crippen LogP contribution is -2.29. The summed E-state index contributed by atoms with van der Waals surface area (Å²) in [5, 5.41) is 14.7. The number of nitrogens with zero attached hydrogens (tertiary/aromatic N) is 4. The molecule has 0 fully saturated rings. The molecule has 0 amide bonds. The predicted octanol–water partition coefficient (Wildman–Crippen LogP) is 1.75. The van der Waals surface area contributed by atoms with Gasteiger partial charge in [0.15, 0.2) is 0 Å². The molecule has 1 atom stereocenters. The minimum atomic E-state index is -0.404. The minimum absolute atomic E-state index is 0.392. The van der Waals surface area contributed by atoms with Crippen molar-refractivity contribution in [3.05, 3.63) is 46.2 Å². The van der Waals surface area contributed by atoms with E-state index in [1.54, 1.807) is 4.68 Å². The average Bonchev–Trinajstić information content (AvgIpc) is 2.95. The Balaban J connectivity index is 2.25. The van der Waals surface area contributed by atoms with Crippen LogP contribution in [0.5, 0.6) is 0 Å². The van der Waals surface area contributed by atoms with Gasteiger partial charge in [-0.3, -0.25) is 0 Å². The first-order chi connectivity index (χ1) is 10.5. The maximum atomic E-state index is 12.3. The van der Waals surface area contributed by atoms with E-state index in [0.717, 1.165) is 16.7 Å². The second-order valence-corrected chi connectivity index (χ2v) is 5.36. The Hall–Kier alpha value is -2.70. The molecule has 2 heterocycles. The standard InChI is InChI=1S/C15H17N5O2/c1-8-5-6-9(2)11(7-8)13-12(14(21)22-4)10(3)16-15-17-18-19-20(13)15/h5-7,13H,1-4H3,(H,16,17,19)/t13-/m0/s1. The van der Waals surface area contributed by atoms with Crippen LogP contribution in [0, 0.1) is 13.8 Å². The number of anilines is 1. The first kappa shape index (κ1) is 14.2. The summed E-state index contributed by atoms with van der Waals surface area (Å²) in [7, 11) is 1.37. The summed E-state index contributed by atoms with van der Waals surface area (Å²) in [4.78, 5) is 12.3. The number of esters is 1. The number of nitrogens with one attached hydrogen (secondary N) is 1. The molecule has 1 N–H and O–H groups in total. The number of rotatable bonds is 2. The summed E-state index contributed by atoms with van der Waals surface area (Å²) >= 11 is 0. The number of hydrogen-bond acceptors (Lipinski definition) is 6. The van der Waals surface area contributed by atoms with Gasteiger partial charge in [0, 0.05) is 5.70 Å². The molecule has 1 aromatic heterocycles. The fourth-order valence-corrected chi connectivity index (χ4v) is 2.73. The molecule has 1 aliphatic rings. The van der Waals surface area contributed by atoms with Gasteiger partial charge in [0.2, 0.25) is 5.95 Å². The van der Waals surface area contributed by atoms with Crippen LogP contribution in [0.4, 0.5) is 5.95 Å². The Morgan fingerprint density at radius 3 is 2.82 bits per heavy atom. The quantitative estimate of drug-likeness (QED) is 0.851. The predicted molar refractivity (Wildman–Crippen MR) is 80.2 cm³/mol. The molecule has 1 aliphatic heterocycles. The van der Waals surface area contributed by atoms with Crippen molar-refractivity contribution in [2.24, 2.45) is 0 Å². The highest BCUT2D eigenvalue weighted by Crippen LogP contribution is 2.36. The number of allylic oxidation sites excluding steroid dienone is 1. The number of fused-ring (bicyclic) bond motifs is 1. The number of aromatic nitrogens is 4. The molecule has 0 spiro atoms. The summed E-state index contributed by atoms with van der Waals surface area (Å²) in [5.41, 5.74) is 4.36. The number of carbonyl (C=O) groups is 1. The largest absolute Gasteiger partial charge is 0.466 e. The van der Waals surface area contributed by atoms with Gasteiger partial charge in [-0.1, -0.05) is 28.9 Å². The zero-order valence-electron chi connectivity index (χ0n) is 12.9. The Morgan fingerprint density at radius 2 is 2.09 bits per heavy atom. The highest BCUT2D eigenvalue weighted by Gasteiger charge is 2.35. The van der Waals surface area contributed by atoms with E-state index in [0.29, 0.717) is 17.2 Å². The van der Waals surface area contributed by atoms with Gasteiger partial charge in [0.1, 0.15) is 6.04 Å². The molecule has 7 heteroatoms. The number of benzene rings is 1. The molecular formula is C15H17N5O2. The van der Waals surface area contributed by atoms with Crippen molar-refractivity contribution in [2.75, 3.05) is 12.4 Å². The summed E-state index contributed by atoms with van der Waals surface area (Å²) in [6, 6.07) is 5.71. The third-order valence-electron chi connectivity index (χ3n) is 3.85. The van der Waals surface area contributed by atoms with E-state index in [2.05, 4.69) is 20.8 Å². The molecule has 0 aliphatic carbocycles. The number of hydrogen-bond donors (Lipinski definition) is 1. The van der Waals surface area contributed by atoms with Crippen LogP contribution in [-0.2, 0) is 9.53 Å². The Bertz CT molecular complexity index is 778. The third-order valence-corrected chi connectivity index (χ3v) is 3.85. The Kier molecular flexibility index (Phi) is 3.40. The SMILES string of the molecule is COC(=O)C1=C(C)Nc2nnnn2[C@H]1c1cc(C)ccc1C. The van der Waals surface area contributed by atoms with E-state index in [1.165, 1.54) is 7.11 Å². The average molecular weight is 299 g/mol. The van der Waals surface area contributed by atoms with E-state index >= 15 is 0 Å². The minimum Gasteiger partial charge on any atom is -0.466 e. The number of methoxy groups -OCH3 is 1. The Morgan fingerprint density at radius 1 is 1.32 bits per heavy atom. The van der Waals surface area contributed by atoms with Gasteiger partial charge in [0.25, 0.3) is 0 Å². The van der Waals surface area contributed by atoms with E-state index in [1.807, 2.05) is 39.0 Å². The van der Waals surface area contributed by atoms with Gasteiger partial charge in [-0.05, 0) is 42.3 Å². The van der Waals surface area contributed by atoms with E-state index in [9.17, 15) is 4.79 Å². The lowest BCUT2D eigenvalue weighted by atomic mass is 9.91. The molecule has 0 saturated heterocycles. The Labute approximate surface area is 128 Å². The number of carbonyl (C=O) groups excluding carboxylic acids is 1. The van der Waals surface area contributed by atoms with Crippen LogP contribution < -0.4 is 5.32 Å². The topological polar surface area (TPSA) is 81.9 Å². The summed E-state index contributed by atoms with van der Waals surface area (Å²) < 4.78 is 6.57. The van der Waals surface area contributed by atoms with Gasteiger partial charge in [-0.15, -0.1) is 0 Å². The van der Waals surface area contributed by atoms with E-state index < -0.39 is 12.0 Å². The molecule has 0 radical (unpaired) electrons. The molecule has 22 heavy (non-hydrogen) atoms. The van der Waals surface area contributed by atoms with Crippen molar-refractivity contribution in [3.63, 3.8) is 0 Å². The number of aryl methyl sites for hydroxylation is 2. The van der Waals surface area contributed by atoms with Crippen molar-refractivity contribution < 1.29 is 9.53 Å². The summed E-state index contributed by atoms with van der Waals surface area (Å²) in [6.45, 7) is 5.84. The summed E-state index contributed by atoms with van der Waals surface area (Å²) in [5.74, 6) is 0.119. The molecule has 114 valence electrons. The molecule has 7 nitrogen and oxygen atoms in total. The zero-order chi connectivity index (χ0) is 15.9. The van der Waals surface area contributed by atoms with Crippen LogP contribution >= 0.6 is 0 Å². The first-order valence-electron chi connectivity index (χ1n) is 6.94. The van der Waals surface area contributed by atoms with Crippen molar-refractivity contribution >= 4 is 11.9 Å². The molecule has 1 aromatic carbocycles. The lowest BCUT2D eigenvalue weighted by molar-refractivity contribution is -0.136. The highest BCUT2D eigenvalue weighted by molar-refractivity contribution is 5.92. The van der Waals surface area contributed by atoms with Gasteiger partial charge >= 0.3 is 5.97 Å². The molecular weight excluding hydrogens is 282 g/mol. The normalized spacial score (nSPS) is 17.0. The van der Waals surface area contributed by atoms with Gasteiger partial charge in [-0.25, -0.2) is 4.79 Å². The number of ether oxygens (including phenoxy) is 1. The maximum absolute atomic E-state index is 12.3. The smallest absolute Gasteiger partial charge is 0.338 e.